The van der Waals surface area contributed by atoms with E-state index in [4.69, 9.17) is 11.6 Å². The zero-order valence-corrected chi connectivity index (χ0v) is 21.3. The Morgan fingerprint density at radius 1 is 1.16 bits per heavy atom. The van der Waals surface area contributed by atoms with Crippen molar-refractivity contribution in [3.8, 4) is 0 Å². The van der Waals surface area contributed by atoms with Crippen molar-refractivity contribution in [3.05, 3.63) is 64.6 Å². The number of Topliss-reactive ketones (excluding diaryl/α,β-unsaturated/α-hetero) is 1. The van der Waals surface area contributed by atoms with Crippen LogP contribution in [0.5, 0.6) is 0 Å². The molecule has 0 radical (unpaired) electrons. The van der Waals surface area contributed by atoms with Crippen LogP contribution in [0.2, 0.25) is 5.02 Å². The van der Waals surface area contributed by atoms with Crippen LogP contribution in [0.3, 0.4) is 0 Å². The molecule has 0 unspecified atom stereocenters. The number of aromatic amines is 1. The Kier molecular flexibility index (Phi) is 8.43. The van der Waals surface area contributed by atoms with Crippen LogP contribution >= 0.6 is 11.6 Å². The SMILES string of the molecule is O=CNCCCCCC(=O)c1cc2cc(N3CC[C@](O)(C(=O)NCc4cc(F)cc(Cl)c4)C3=O)ccc2[nH]1. The van der Waals surface area contributed by atoms with Crippen LogP contribution in [0.15, 0.2) is 42.5 Å². The van der Waals surface area contributed by atoms with Crippen LogP contribution in [-0.2, 0) is 20.9 Å². The molecule has 3 amide bonds. The number of aliphatic hydroxyl groups is 1. The van der Waals surface area contributed by atoms with Crippen molar-refractivity contribution >= 4 is 52.2 Å². The number of rotatable bonds is 12. The van der Waals surface area contributed by atoms with Gasteiger partial charge in [-0.15, -0.1) is 0 Å². The largest absolute Gasteiger partial charge is 0.372 e. The first-order chi connectivity index (χ1) is 18.2. The number of hydrogen-bond donors (Lipinski definition) is 4. The third-order valence-corrected chi connectivity index (χ3v) is 6.79. The number of hydrogen-bond acceptors (Lipinski definition) is 5. The van der Waals surface area contributed by atoms with E-state index in [1.807, 2.05) is 0 Å². The molecular weight excluding hydrogens is 515 g/mol. The smallest absolute Gasteiger partial charge is 0.268 e. The van der Waals surface area contributed by atoms with Gasteiger partial charge in [0.15, 0.2) is 5.78 Å². The van der Waals surface area contributed by atoms with Crippen molar-refractivity contribution in [2.24, 2.45) is 0 Å². The summed E-state index contributed by atoms with van der Waals surface area (Å²) >= 11 is 5.84. The number of benzene rings is 2. The highest BCUT2D eigenvalue weighted by Crippen LogP contribution is 2.31. The Labute approximate surface area is 223 Å². The molecule has 11 heteroatoms. The third-order valence-electron chi connectivity index (χ3n) is 6.57. The number of carbonyl (C=O) groups is 4. The Morgan fingerprint density at radius 2 is 1.97 bits per heavy atom. The molecule has 4 rings (SSSR count). The minimum Gasteiger partial charge on any atom is -0.372 e. The van der Waals surface area contributed by atoms with Crippen molar-refractivity contribution in [1.29, 1.82) is 0 Å². The van der Waals surface area contributed by atoms with Crippen LogP contribution in [0, 0.1) is 5.82 Å². The minimum absolute atomic E-state index is 0.0334. The van der Waals surface area contributed by atoms with Gasteiger partial charge in [0.05, 0.1) is 5.69 Å². The lowest BCUT2D eigenvalue weighted by Gasteiger charge is -2.22. The molecule has 1 aliphatic rings. The molecule has 1 atom stereocenters. The van der Waals surface area contributed by atoms with Gasteiger partial charge < -0.3 is 25.6 Å². The molecule has 3 aromatic rings. The van der Waals surface area contributed by atoms with Gasteiger partial charge in [-0.1, -0.05) is 18.0 Å². The summed E-state index contributed by atoms with van der Waals surface area (Å²) < 4.78 is 13.6. The van der Waals surface area contributed by atoms with Crippen LogP contribution in [0.25, 0.3) is 10.9 Å². The molecule has 2 heterocycles. The second-order valence-corrected chi connectivity index (χ2v) is 9.72. The highest BCUT2D eigenvalue weighted by Gasteiger charge is 2.51. The van der Waals surface area contributed by atoms with Gasteiger partial charge in [0.2, 0.25) is 12.0 Å². The monoisotopic (exact) mass is 542 g/mol. The lowest BCUT2D eigenvalue weighted by atomic mass is 10.0. The van der Waals surface area contributed by atoms with Crippen molar-refractivity contribution in [1.82, 2.24) is 15.6 Å². The number of nitrogens with one attached hydrogen (secondary N) is 3. The maximum absolute atomic E-state index is 13.6. The first kappa shape index (κ1) is 27.3. The summed E-state index contributed by atoms with van der Waals surface area (Å²) in [4.78, 5) is 53.1. The second-order valence-electron chi connectivity index (χ2n) is 9.29. The highest BCUT2D eigenvalue weighted by atomic mass is 35.5. The van der Waals surface area contributed by atoms with E-state index in [0.29, 0.717) is 42.7 Å². The predicted octanol–water partition coefficient (Wildman–Crippen LogP) is 3.23. The molecule has 38 heavy (non-hydrogen) atoms. The normalized spacial score (nSPS) is 17.1. The van der Waals surface area contributed by atoms with Gasteiger partial charge in [-0.2, -0.15) is 0 Å². The van der Waals surface area contributed by atoms with E-state index < -0.39 is 23.2 Å². The lowest BCUT2D eigenvalue weighted by molar-refractivity contribution is -0.149. The van der Waals surface area contributed by atoms with Crippen LogP contribution in [0.4, 0.5) is 10.1 Å². The average Bonchev–Trinajstić information content (AvgIpc) is 3.45. The average molecular weight is 543 g/mol. The standard InChI is InChI=1S/C27H28ClFN4O5/c28-19-10-17(11-20(29)14-19)15-31-25(36)27(38)7-9-33(26(27)37)21-5-6-22-18(12-21)13-23(32-22)24(35)4-2-1-3-8-30-16-34/h5-6,10-14,16,32,38H,1-4,7-9,15H2,(H,30,34)(H,31,36)/t27-/m0/s1. The quantitative estimate of drug-likeness (QED) is 0.121. The zero-order valence-electron chi connectivity index (χ0n) is 20.6. The Hall–Kier alpha value is -3.76. The maximum Gasteiger partial charge on any atom is 0.268 e. The van der Waals surface area contributed by atoms with Gasteiger partial charge in [0.1, 0.15) is 5.82 Å². The first-order valence-corrected chi connectivity index (χ1v) is 12.7. The number of carbonyl (C=O) groups excluding carboxylic acids is 4. The summed E-state index contributed by atoms with van der Waals surface area (Å²) in [5.74, 6) is -2.23. The molecule has 0 bridgehead atoms. The third kappa shape index (κ3) is 6.03. The van der Waals surface area contributed by atoms with E-state index in [0.717, 1.165) is 29.8 Å². The van der Waals surface area contributed by atoms with Crippen molar-refractivity contribution in [2.45, 2.75) is 44.2 Å². The molecule has 0 spiro atoms. The minimum atomic E-state index is -2.26. The number of unbranched alkanes of at least 4 members (excludes halogenated alkanes) is 2. The zero-order chi connectivity index (χ0) is 27.3. The fourth-order valence-electron chi connectivity index (χ4n) is 4.53. The van der Waals surface area contributed by atoms with Gasteiger partial charge in [-0.25, -0.2) is 4.39 Å². The van der Waals surface area contributed by atoms with Crippen LogP contribution < -0.4 is 15.5 Å². The molecule has 200 valence electrons. The summed E-state index contributed by atoms with van der Waals surface area (Å²) in [6.45, 7) is 0.601. The fourth-order valence-corrected chi connectivity index (χ4v) is 4.77. The molecule has 4 N–H and O–H groups in total. The highest BCUT2D eigenvalue weighted by molar-refractivity contribution is 6.30. The van der Waals surface area contributed by atoms with E-state index in [2.05, 4.69) is 15.6 Å². The van der Waals surface area contributed by atoms with E-state index in [1.54, 1.807) is 24.3 Å². The summed E-state index contributed by atoms with van der Waals surface area (Å²) in [6.07, 6.45) is 3.24. The summed E-state index contributed by atoms with van der Waals surface area (Å²) in [5.41, 5.74) is -0.187. The summed E-state index contributed by atoms with van der Waals surface area (Å²) in [5, 5.41) is 16.9. The van der Waals surface area contributed by atoms with Crippen LogP contribution in [-0.4, -0.2) is 52.8 Å². The van der Waals surface area contributed by atoms with Crippen molar-refractivity contribution in [3.63, 3.8) is 0 Å². The number of fused-ring (bicyclic) bond motifs is 1. The Bertz CT molecular complexity index is 1360. The molecule has 0 saturated carbocycles. The molecule has 0 aliphatic carbocycles. The summed E-state index contributed by atoms with van der Waals surface area (Å²) in [6, 6.07) is 10.7. The van der Waals surface area contributed by atoms with Gasteiger partial charge in [-0.3, -0.25) is 19.2 Å². The molecular formula is C27H28ClFN4O5. The predicted molar refractivity (Wildman–Crippen MR) is 140 cm³/mol. The summed E-state index contributed by atoms with van der Waals surface area (Å²) in [7, 11) is 0. The van der Waals surface area contributed by atoms with E-state index in [1.165, 1.54) is 17.0 Å². The molecule has 9 nitrogen and oxygen atoms in total. The number of amides is 3. The molecule has 2 aromatic carbocycles. The number of ketones is 1. The molecule has 1 fully saturated rings. The van der Waals surface area contributed by atoms with Crippen molar-refractivity contribution in [2.75, 3.05) is 18.0 Å². The van der Waals surface area contributed by atoms with Gasteiger partial charge in [-0.05, 0) is 60.9 Å². The fraction of sp³-hybridized carbons (Fsp3) is 0.333. The maximum atomic E-state index is 13.6. The topological polar surface area (TPSA) is 132 Å². The van der Waals surface area contributed by atoms with E-state index >= 15 is 0 Å². The van der Waals surface area contributed by atoms with E-state index in [-0.39, 0.29) is 30.3 Å². The molecule has 1 aliphatic heterocycles. The number of nitrogens with zero attached hydrogens (tertiary/aromatic N) is 1. The first-order valence-electron chi connectivity index (χ1n) is 12.3. The number of halogens is 2. The number of aromatic nitrogens is 1. The Morgan fingerprint density at radius 3 is 2.74 bits per heavy atom. The Balaban J connectivity index is 1.39. The van der Waals surface area contributed by atoms with Gasteiger partial charge in [0, 0.05) is 54.1 Å². The molecule has 1 aromatic heterocycles. The number of H-pyrrole nitrogens is 1. The van der Waals surface area contributed by atoms with Gasteiger partial charge in [0.25, 0.3) is 11.8 Å². The van der Waals surface area contributed by atoms with Gasteiger partial charge >= 0.3 is 0 Å². The second kappa shape index (κ2) is 11.7. The number of anilines is 1. The molecule has 1 saturated heterocycles. The van der Waals surface area contributed by atoms with Crippen molar-refractivity contribution < 1.29 is 28.7 Å². The lowest BCUT2D eigenvalue weighted by Crippen LogP contribution is -2.52. The van der Waals surface area contributed by atoms with Crippen LogP contribution in [0.1, 0.15) is 48.2 Å². The van der Waals surface area contributed by atoms with E-state index in [9.17, 15) is 28.7 Å².